The largest absolute Gasteiger partial charge is 0.122 e. The number of alkyl halides is 1. The van der Waals surface area contributed by atoms with Gasteiger partial charge < -0.3 is 0 Å². The third-order valence-corrected chi connectivity index (χ3v) is 6.58. The molecule has 0 unspecified atom stereocenters. The van der Waals surface area contributed by atoms with Gasteiger partial charge in [-0.1, -0.05) is 18.9 Å². The maximum Gasteiger partial charge on any atom is 0.0458 e. The van der Waals surface area contributed by atoms with Crippen molar-refractivity contribution < 1.29 is 0 Å². The van der Waals surface area contributed by atoms with Crippen molar-refractivity contribution in [3.05, 3.63) is 28.3 Å². The van der Waals surface area contributed by atoms with Crippen molar-refractivity contribution in [2.45, 2.75) is 68.9 Å². The smallest absolute Gasteiger partial charge is 0.0458 e. The van der Waals surface area contributed by atoms with E-state index in [1.54, 1.807) is 0 Å². The molecular weight excluding hydrogens is 260 g/mol. The lowest BCUT2D eigenvalue weighted by molar-refractivity contribution is 0.522. The van der Waals surface area contributed by atoms with Gasteiger partial charge in [0.05, 0.1) is 0 Å². The summed E-state index contributed by atoms with van der Waals surface area (Å²) in [5.41, 5.74) is 5.69. The van der Waals surface area contributed by atoms with Crippen molar-refractivity contribution in [1.82, 2.24) is 0 Å². The lowest BCUT2D eigenvalue weighted by Gasteiger charge is -2.28. The highest BCUT2D eigenvalue weighted by Gasteiger charge is 2.25. The summed E-state index contributed by atoms with van der Waals surface area (Å²) in [5.74, 6) is 0. The van der Waals surface area contributed by atoms with Crippen LogP contribution in [0, 0.1) is 27.7 Å². The standard InChI is InChI=1S/C16H23ClS/c1-10-9-11(2)13(4)16(12(10)3)18-15-8-6-5-7-14(15)17/h9,14-15H,5-8H2,1-4H3/t14-,15-/m0/s1. The van der Waals surface area contributed by atoms with Gasteiger partial charge in [-0.15, -0.1) is 23.4 Å². The van der Waals surface area contributed by atoms with E-state index in [0.717, 1.165) is 0 Å². The average Bonchev–Trinajstić information content (AvgIpc) is 2.34. The fourth-order valence-electron chi connectivity index (χ4n) is 2.69. The van der Waals surface area contributed by atoms with E-state index in [9.17, 15) is 0 Å². The Labute approximate surface area is 121 Å². The van der Waals surface area contributed by atoms with Crippen LogP contribution in [0.25, 0.3) is 0 Å². The zero-order valence-corrected chi connectivity index (χ0v) is 13.4. The Morgan fingerprint density at radius 3 is 2.11 bits per heavy atom. The first-order valence-electron chi connectivity index (χ1n) is 6.89. The van der Waals surface area contributed by atoms with E-state index in [-0.39, 0.29) is 0 Å². The third-order valence-electron chi connectivity index (χ3n) is 4.19. The molecule has 18 heavy (non-hydrogen) atoms. The molecule has 1 saturated carbocycles. The number of aryl methyl sites for hydroxylation is 2. The van der Waals surface area contributed by atoms with Crippen LogP contribution in [0.2, 0.25) is 0 Å². The highest BCUT2D eigenvalue weighted by Crippen LogP contribution is 2.40. The second kappa shape index (κ2) is 5.88. The molecule has 0 radical (unpaired) electrons. The second-order valence-electron chi connectivity index (χ2n) is 5.55. The van der Waals surface area contributed by atoms with Crippen LogP contribution < -0.4 is 0 Å². The van der Waals surface area contributed by atoms with Crippen molar-refractivity contribution in [2.75, 3.05) is 0 Å². The number of hydrogen-bond donors (Lipinski definition) is 0. The number of benzene rings is 1. The minimum Gasteiger partial charge on any atom is -0.122 e. The van der Waals surface area contributed by atoms with Crippen molar-refractivity contribution in [3.63, 3.8) is 0 Å². The van der Waals surface area contributed by atoms with Gasteiger partial charge in [0.15, 0.2) is 0 Å². The van der Waals surface area contributed by atoms with Crippen LogP contribution in [0.1, 0.15) is 47.9 Å². The first kappa shape index (κ1) is 14.3. The topological polar surface area (TPSA) is 0 Å². The van der Waals surface area contributed by atoms with Crippen molar-refractivity contribution in [3.8, 4) is 0 Å². The van der Waals surface area contributed by atoms with E-state index in [2.05, 4.69) is 33.8 Å². The summed E-state index contributed by atoms with van der Waals surface area (Å²) in [7, 11) is 0. The SMILES string of the molecule is Cc1cc(C)c(C)c(S[C@H]2CCCC[C@@H]2Cl)c1C. The Bertz CT molecular complexity index is 413. The van der Waals surface area contributed by atoms with Gasteiger partial charge in [-0.2, -0.15) is 0 Å². The molecule has 1 fully saturated rings. The van der Waals surface area contributed by atoms with Crippen molar-refractivity contribution in [1.29, 1.82) is 0 Å². The first-order valence-corrected chi connectivity index (χ1v) is 8.20. The molecule has 1 aromatic rings. The Balaban J connectivity index is 2.28. The minimum absolute atomic E-state index is 0.350. The average molecular weight is 283 g/mol. The van der Waals surface area contributed by atoms with Gasteiger partial charge >= 0.3 is 0 Å². The Morgan fingerprint density at radius 1 is 1.00 bits per heavy atom. The van der Waals surface area contributed by atoms with Crippen LogP contribution in [0.3, 0.4) is 0 Å². The molecule has 1 aliphatic carbocycles. The molecule has 2 heteroatoms. The molecule has 0 bridgehead atoms. The van der Waals surface area contributed by atoms with Gasteiger partial charge in [0.1, 0.15) is 0 Å². The molecule has 0 nitrogen and oxygen atoms in total. The summed E-state index contributed by atoms with van der Waals surface area (Å²) >= 11 is 8.52. The maximum absolute atomic E-state index is 6.50. The summed E-state index contributed by atoms with van der Waals surface area (Å²) in [6, 6.07) is 2.30. The Kier molecular flexibility index (Phi) is 4.66. The number of rotatable bonds is 2. The van der Waals surface area contributed by atoms with Crippen LogP contribution in [0.15, 0.2) is 11.0 Å². The Hall–Kier alpha value is -0.140. The van der Waals surface area contributed by atoms with Gasteiger partial charge in [0, 0.05) is 15.5 Å². The van der Waals surface area contributed by atoms with Crippen molar-refractivity contribution in [2.24, 2.45) is 0 Å². The number of halogens is 1. The van der Waals surface area contributed by atoms with Gasteiger partial charge in [-0.3, -0.25) is 0 Å². The van der Waals surface area contributed by atoms with Crippen LogP contribution >= 0.6 is 23.4 Å². The van der Waals surface area contributed by atoms with Crippen LogP contribution in [-0.2, 0) is 0 Å². The molecule has 0 N–H and O–H groups in total. The minimum atomic E-state index is 0.350. The molecule has 0 aromatic heterocycles. The maximum atomic E-state index is 6.50. The predicted octanol–water partition coefficient (Wildman–Crippen LogP) is 5.56. The summed E-state index contributed by atoms with van der Waals surface area (Å²) < 4.78 is 0. The molecule has 2 atom stereocenters. The van der Waals surface area contributed by atoms with Gasteiger partial charge in [-0.25, -0.2) is 0 Å². The fourth-order valence-corrected chi connectivity index (χ4v) is 4.67. The zero-order chi connectivity index (χ0) is 13.3. The number of hydrogen-bond acceptors (Lipinski definition) is 1. The highest BCUT2D eigenvalue weighted by molar-refractivity contribution is 8.00. The van der Waals surface area contributed by atoms with Gasteiger partial charge in [-0.05, 0) is 62.8 Å². The van der Waals surface area contributed by atoms with E-state index in [1.807, 2.05) is 11.8 Å². The molecule has 0 spiro atoms. The summed E-state index contributed by atoms with van der Waals surface area (Å²) in [6.07, 6.45) is 5.09. The van der Waals surface area contributed by atoms with Gasteiger partial charge in [0.25, 0.3) is 0 Å². The Morgan fingerprint density at radius 2 is 1.56 bits per heavy atom. The van der Waals surface area contributed by atoms with Crippen LogP contribution in [0.5, 0.6) is 0 Å². The third kappa shape index (κ3) is 2.88. The molecule has 2 rings (SSSR count). The first-order chi connectivity index (χ1) is 8.50. The van der Waals surface area contributed by atoms with E-state index in [4.69, 9.17) is 11.6 Å². The molecule has 0 amide bonds. The molecule has 100 valence electrons. The highest BCUT2D eigenvalue weighted by atomic mass is 35.5. The van der Waals surface area contributed by atoms with Crippen molar-refractivity contribution >= 4 is 23.4 Å². The van der Waals surface area contributed by atoms with Crippen LogP contribution in [0.4, 0.5) is 0 Å². The normalized spacial score (nSPS) is 24.3. The lowest BCUT2D eigenvalue weighted by Crippen LogP contribution is -2.22. The molecule has 0 saturated heterocycles. The summed E-state index contributed by atoms with van der Waals surface area (Å²) in [5, 5.41) is 0.947. The molecule has 0 heterocycles. The lowest BCUT2D eigenvalue weighted by atomic mass is 10.00. The van der Waals surface area contributed by atoms with E-state index >= 15 is 0 Å². The van der Waals surface area contributed by atoms with E-state index in [0.29, 0.717) is 10.6 Å². The monoisotopic (exact) mass is 282 g/mol. The summed E-state index contributed by atoms with van der Waals surface area (Å²) in [4.78, 5) is 1.48. The van der Waals surface area contributed by atoms with Gasteiger partial charge in [0.2, 0.25) is 0 Å². The van der Waals surface area contributed by atoms with Crippen LogP contribution in [-0.4, -0.2) is 10.6 Å². The predicted molar refractivity (Wildman–Crippen MR) is 83.1 cm³/mol. The molecular formula is C16H23ClS. The second-order valence-corrected chi connectivity index (χ2v) is 7.36. The quantitative estimate of drug-likeness (QED) is 0.640. The fraction of sp³-hybridized carbons (Fsp3) is 0.625. The summed E-state index contributed by atoms with van der Waals surface area (Å²) in [6.45, 7) is 8.92. The molecule has 0 aliphatic heterocycles. The van der Waals surface area contributed by atoms with E-state index in [1.165, 1.54) is 52.8 Å². The number of thioether (sulfide) groups is 1. The molecule has 1 aliphatic rings. The molecule has 1 aromatic carbocycles. The zero-order valence-electron chi connectivity index (χ0n) is 11.8. The van der Waals surface area contributed by atoms with E-state index < -0.39 is 0 Å².